The lowest BCUT2D eigenvalue weighted by molar-refractivity contribution is 0.586. The Kier molecular flexibility index (Phi) is 5.16. The van der Waals surface area contributed by atoms with Crippen LogP contribution < -0.4 is 9.44 Å². The second kappa shape index (κ2) is 7.50. The predicted octanol–water partition coefficient (Wildman–Crippen LogP) is 2.69. The molecule has 0 radical (unpaired) electrons. The summed E-state index contributed by atoms with van der Waals surface area (Å²) in [6.45, 7) is 2.69. The summed E-state index contributed by atoms with van der Waals surface area (Å²) in [6.07, 6.45) is 3.60. The van der Waals surface area contributed by atoms with Crippen molar-refractivity contribution in [3.63, 3.8) is 0 Å². The van der Waals surface area contributed by atoms with Crippen LogP contribution in [0.25, 0.3) is 0 Å². The molecule has 130 valence electrons. The zero-order valence-electron chi connectivity index (χ0n) is 13.9. The quantitative estimate of drug-likeness (QED) is 0.683. The third kappa shape index (κ3) is 4.68. The lowest BCUT2D eigenvalue weighted by Crippen LogP contribution is -2.30. The van der Waals surface area contributed by atoms with E-state index in [0.29, 0.717) is 12.2 Å². The van der Waals surface area contributed by atoms with Crippen molar-refractivity contribution >= 4 is 15.9 Å². The molecule has 0 aliphatic carbocycles. The summed E-state index contributed by atoms with van der Waals surface area (Å²) < 4.78 is 31.8. The van der Waals surface area contributed by atoms with Crippen molar-refractivity contribution < 1.29 is 8.42 Å². The molecule has 2 N–H and O–H groups in total. The van der Waals surface area contributed by atoms with Gasteiger partial charge in [0.05, 0.1) is 12.2 Å². The standard InChI is InChI=1S/C18H20N4O2S/c1-15-19-11-12-22(15)14-17-9-5-6-10-18(17)21-25(23,24)20-13-16-7-3-2-4-8-16/h2-12,20-21H,13-14H2,1H3. The maximum absolute atomic E-state index is 12.4. The van der Waals surface area contributed by atoms with Crippen molar-refractivity contribution in [2.45, 2.75) is 20.0 Å². The first-order valence-corrected chi connectivity index (χ1v) is 9.39. The van der Waals surface area contributed by atoms with Gasteiger partial charge in [0.25, 0.3) is 10.2 Å². The smallest absolute Gasteiger partial charge is 0.299 e. The molecule has 0 atom stereocenters. The van der Waals surface area contributed by atoms with E-state index in [0.717, 1.165) is 17.0 Å². The summed E-state index contributed by atoms with van der Waals surface area (Å²) in [5.41, 5.74) is 2.32. The van der Waals surface area contributed by atoms with Gasteiger partial charge in [0.1, 0.15) is 5.82 Å². The monoisotopic (exact) mass is 356 g/mol. The van der Waals surface area contributed by atoms with Gasteiger partial charge in [-0.1, -0.05) is 48.5 Å². The van der Waals surface area contributed by atoms with E-state index in [-0.39, 0.29) is 6.54 Å². The van der Waals surface area contributed by atoms with Crippen LogP contribution in [0.4, 0.5) is 5.69 Å². The molecule has 6 nitrogen and oxygen atoms in total. The van der Waals surface area contributed by atoms with E-state index in [1.165, 1.54) is 0 Å². The Balaban J connectivity index is 1.72. The van der Waals surface area contributed by atoms with Crippen molar-refractivity contribution in [1.29, 1.82) is 0 Å². The van der Waals surface area contributed by atoms with E-state index in [9.17, 15) is 8.42 Å². The number of aromatic nitrogens is 2. The molecule has 0 spiro atoms. The fourth-order valence-electron chi connectivity index (χ4n) is 2.47. The topological polar surface area (TPSA) is 76.0 Å². The van der Waals surface area contributed by atoms with Gasteiger partial charge in [0, 0.05) is 18.9 Å². The Bertz CT molecular complexity index is 936. The molecule has 3 aromatic rings. The molecule has 0 unspecified atom stereocenters. The van der Waals surface area contributed by atoms with Crippen LogP contribution in [-0.4, -0.2) is 18.0 Å². The van der Waals surface area contributed by atoms with Gasteiger partial charge in [-0.05, 0) is 24.1 Å². The van der Waals surface area contributed by atoms with Gasteiger partial charge in [-0.2, -0.15) is 13.1 Å². The summed E-state index contributed by atoms with van der Waals surface area (Å²) in [7, 11) is -3.67. The minimum atomic E-state index is -3.67. The number of hydrogen-bond donors (Lipinski definition) is 2. The molecule has 7 heteroatoms. The van der Waals surface area contributed by atoms with E-state index in [2.05, 4.69) is 14.4 Å². The largest absolute Gasteiger partial charge is 0.331 e. The van der Waals surface area contributed by atoms with Crippen LogP contribution in [0.15, 0.2) is 67.0 Å². The molecule has 1 aromatic heterocycles. The molecule has 2 aromatic carbocycles. The molecule has 0 amide bonds. The van der Waals surface area contributed by atoms with Crippen LogP contribution in [-0.2, 0) is 23.3 Å². The molecule has 3 rings (SSSR count). The maximum atomic E-state index is 12.4. The molecule has 1 heterocycles. The van der Waals surface area contributed by atoms with E-state index < -0.39 is 10.2 Å². The average molecular weight is 356 g/mol. The summed E-state index contributed by atoms with van der Waals surface area (Å²) in [4.78, 5) is 4.19. The Hall–Kier alpha value is -2.64. The minimum Gasteiger partial charge on any atom is -0.331 e. The second-order valence-electron chi connectivity index (χ2n) is 5.67. The van der Waals surface area contributed by atoms with Crippen molar-refractivity contribution in [1.82, 2.24) is 14.3 Å². The molecule has 0 saturated carbocycles. The zero-order chi connectivity index (χ0) is 17.7. The highest BCUT2D eigenvalue weighted by atomic mass is 32.2. The SMILES string of the molecule is Cc1nccn1Cc1ccccc1NS(=O)(=O)NCc1ccccc1. The van der Waals surface area contributed by atoms with Gasteiger partial charge in [-0.3, -0.25) is 4.72 Å². The van der Waals surface area contributed by atoms with Crippen molar-refractivity contribution in [2.75, 3.05) is 4.72 Å². The molecule has 0 aliphatic heterocycles. The predicted molar refractivity (Wildman–Crippen MR) is 98.3 cm³/mol. The molecular weight excluding hydrogens is 336 g/mol. The summed E-state index contributed by atoms with van der Waals surface area (Å²) >= 11 is 0. The highest BCUT2D eigenvalue weighted by molar-refractivity contribution is 7.90. The zero-order valence-corrected chi connectivity index (χ0v) is 14.7. The van der Waals surface area contributed by atoms with Crippen molar-refractivity contribution in [3.8, 4) is 0 Å². The van der Waals surface area contributed by atoms with Gasteiger partial charge in [-0.25, -0.2) is 4.98 Å². The molecule has 0 aliphatic rings. The number of aryl methyl sites for hydroxylation is 1. The fourth-order valence-corrected chi connectivity index (χ4v) is 3.38. The number of para-hydroxylation sites is 1. The van der Waals surface area contributed by atoms with Gasteiger partial charge in [0.15, 0.2) is 0 Å². The third-order valence-electron chi connectivity index (χ3n) is 3.84. The van der Waals surface area contributed by atoms with Gasteiger partial charge in [0.2, 0.25) is 0 Å². The number of hydrogen-bond acceptors (Lipinski definition) is 3. The number of imidazole rings is 1. The van der Waals surface area contributed by atoms with Crippen LogP contribution in [0.3, 0.4) is 0 Å². The summed E-state index contributed by atoms with van der Waals surface area (Å²) in [5.74, 6) is 0.875. The van der Waals surface area contributed by atoms with E-state index >= 15 is 0 Å². The Morgan fingerprint density at radius 1 is 1.04 bits per heavy atom. The first kappa shape index (κ1) is 17.2. The lowest BCUT2D eigenvalue weighted by atomic mass is 10.2. The number of rotatable bonds is 7. The Morgan fingerprint density at radius 2 is 1.76 bits per heavy atom. The van der Waals surface area contributed by atoms with Crippen LogP contribution in [0, 0.1) is 6.92 Å². The second-order valence-corrected chi connectivity index (χ2v) is 7.17. The average Bonchev–Trinajstić information content (AvgIpc) is 3.01. The van der Waals surface area contributed by atoms with E-state index in [4.69, 9.17) is 0 Å². The number of nitrogens with one attached hydrogen (secondary N) is 2. The van der Waals surface area contributed by atoms with Crippen molar-refractivity contribution in [3.05, 3.63) is 83.9 Å². The maximum Gasteiger partial charge on any atom is 0.299 e. The van der Waals surface area contributed by atoms with E-state index in [1.807, 2.05) is 60.2 Å². The number of anilines is 1. The van der Waals surface area contributed by atoms with Crippen LogP contribution in [0.5, 0.6) is 0 Å². The normalized spacial score (nSPS) is 11.4. The summed E-state index contributed by atoms with van der Waals surface area (Å²) in [5, 5.41) is 0. The fraction of sp³-hybridized carbons (Fsp3) is 0.167. The van der Waals surface area contributed by atoms with Crippen LogP contribution in [0.2, 0.25) is 0 Å². The first-order chi connectivity index (χ1) is 12.0. The summed E-state index contributed by atoms with van der Waals surface area (Å²) in [6, 6.07) is 16.7. The van der Waals surface area contributed by atoms with Crippen LogP contribution >= 0.6 is 0 Å². The van der Waals surface area contributed by atoms with Crippen LogP contribution in [0.1, 0.15) is 17.0 Å². The van der Waals surface area contributed by atoms with Gasteiger partial charge < -0.3 is 4.57 Å². The Morgan fingerprint density at radius 3 is 2.48 bits per heavy atom. The highest BCUT2D eigenvalue weighted by Gasteiger charge is 2.12. The first-order valence-electron chi connectivity index (χ1n) is 7.90. The number of nitrogens with zero attached hydrogens (tertiary/aromatic N) is 2. The van der Waals surface area contributed by atoms with Gasteiger partial charge in [-0.15, -0.1) is 0 Å². The minimum absolute atomic E-state index is 0.235. The molecule has 25 heavy (non-hydrogen) atoms. The molecule has 0 saturated heterocycles. The van der Waals surface area contributed by atoms with Gasteiger partial charge >= 0.3 is 0 Å². The van der Waals surface area contributed by atoms with Crippen molar-refractivity contribution in [2.24, 2.45) is 0 Å². The lowest BCUT2D eigenvalue weighted by Gasteiger charge is -2.14. The third-order valence-corrected chi connectivity index (χ3v) is 4.85. The van der Waals surface area contributed by atoms with E-state index in [1.54, 1.807) is 18.3 Å². The molecule has 0 fully saturated rings. The number of benzene rings is 2. The Labute approximate surface area is 147 Å². The molecule has 0 bridgehead atoms. The molecular formula is C18H20N4O2S. The highest BCUT2D eigenvalue weighted by Crippen LogP contribution is 2.18.